The average Bonchev–Trinajstić information content (AvgIpc) is 3.27. The molecule has 5 rings (SSSR count). The molecule has 0 aliphatic carbocycles. The van der Waals surface area contributed by atoms with Crippen molar-refractivity contribution < 1.29 is 14.3 Å². The van der Waals surface area contributed by atoms with Crippen LogP contribution in [-0.2, 0) is 11.3 Å². The van der Waals surface area contributed by atoms with Crippen molar-refractivity contribution in [3.63, 3.8) is 0 Å². The SMILES string of the molecule is CCOC(=O)c1cnc2c(-c3ccccc3)c(COc3ccccc3)nn2c1-c1ccc(C)cc1. The molecule has 3 aromatic carbocycles. The number of esters is 1. The van der Waals surface area contributed by atoms with Gasteiger partial charge in [0, 0.05) is 11.8 Å². The average molecular weight is 464 g/mol. The molecule has 2 heterocycles. The summed E-state index contributed by atoms with van der Waals surface area (Å²) < 4.78 is 13.2. The fourth-order valence-electron chi connectivity index (χ4n) is 4.05. The van der Waals surface area contributed by atoms with Crippen LogP contribution in [0.5, 0.6) is 5.75 Å². The first kappa shape index (κ1) is 22.3. The van der Waals surface area contributed by atoms with Gasteiger partial charge in [-0.15, -0.1) is 0 Å². The number of benzene rings is 3. The molecule has 0 bridgehead atoms. The molecule has 0 saturated carbocycles. The molecule has 0 aliphatic heterocycles. The minimum atomic E-state index is -0.434. The van der Waals surface area contributed by atoms with E-state index in [9.17, 15) is 4.79 Å². The Morgan fingerprint density at radius 2 is 1.57 bits per heavy atom. The van der Waals surface area contributed by atoms with Gasteiger partial charge in [0.2, 0.25) is 0 Å². The molecule has 6 heteroatoms. The van der Waals surface area contributed by atoms with Crippen LogP contribution < -0.4 is 4.74 Å². The molecule has 0 atom stereocenters. The Morgan fingerprint density at radius 3 is 2.26 bits per heavy atom. The van der Waals surface area contributed by atoms with Crippen LogP contribution in [0.25, 0.3) is 28.0 Å². The van der Waals surface area contributed by atoms with Crippen LogP contribution in [0.15, 0.2) is 91.1 Å². The lowest BCUT2D eigenvalue weighted by Gasteiger charge is -2.11. The van der Waals surface area contributed by atoms with Crippen LogP contribution in [0.3, 0.4) is 0 Å². The fraction of sp³-hybridized carbons (Fsp3) is 0.138. The zero-order valence-corrected chi connectivity index (χ0v) is 19.6. The number of hydrogen-bond acceptors (Lipinski definition) is 5. The van der Waals surface area contributed by atoms with Gasteiger partial charge in [0.15, 0.2) is 5.65 Å². The quantitative estimate of drug-likeness (QED) is 0.272. The second kappa shape index (κ2) is 9.81. The Balaban J connectivity index is 1.73. The number of hydrogen-bond donors (Lipinski definition) is 0. The highest BCUT2D eigenvalue weighted by Crippen LogP contribution is 2.33. The van der Waals surface area contributed by atoms with Crippen molar-refractivity contribution in [2.45, 2.75) is 20.5 Å². The number of para-hydroxylation sites is 1. The van der Waals surface area contributed by atoms with E-state index >= 15 is 0 Å². The topological polar surface area (TPSA) is 65.7 Å². The van der Waals surface area contributed by atoms with Crippen molar-refractivity contribution >= 4 is 11.6 Å². The van der Waals surface area contributed by atoms with E-state index in [4.69, 9.17) is 14.6 Å². The van der Waals surface area contributed by atoms with Gasteiger partial charge in [0.05, 0.1) is 17.9 Å². The fourth-order valence-corrected chi connectivity index (χ4v) is 4.05. The van der Waals surface area contributed by atoms with Crippen LogP contribution in [0, 0.1) is 6.92 Å². The van der Waals surface area contributed by atoms with Crippen molar-refractivity contribution in [1.29, 1.82) is 0 Å². The van der Waals surface area contributed by atoms with Gasteiger partial charge < -0.3 is 9.47 Å². The molecule has 0 aliphatic rings. The van der Waals surface area contributed by atoms with E-state index < -0.39 is 5.97 Å². The second-order valence-electron chi connectivity index (χ2n) is 8.13. The number of fused-ring (bicyclic) bond motifs is 1. The van der Waals surface area contributed by atoms with E-state index in [-0.39, 0.29) is 13.2 Å². The number of nitrogens with zero attached hydrogens (tertiary/aromatic N) is 3. The summed E-state index contributed by atoms with van der Waals surface area (Å²) in [6.07, 6.45) is 1.58. The lowest BCUT2D eigenvalue weighted by molar-refractivity contribution is 0.0526. The molecular formula is C29H25N3O3. The number of rotatable bonds is 7. The molecule has 6 nitrogen and oxygen atoms in total. The predicted octanol–water partition coefficient (Wildman–Crippen LogP) is 6.13. The smallest absolute Gasteiger partial charge is 0.341 e. The van der Waals surface area contributed by atoms with E-state index in [1.807, 2.05) is 91.9 Å². The van der Waals surface area contributed by atoms with E-state index in [1.165, 1.54) is 0 Å². The normalized spacial score (nSPS) is 10.9. The molecule has 0 amide bonds. The molecule has 0 fully saturated rings. The number of aromatic nitrogens is 3. The molecular weight excluding hydrogens is 438 g/mol. The Morgan fingerprint density at radius 1 is 0.886 bits per heavy atom. The van der Waals surface area contributed by atoms with Crippen molar-refractivity contribution in [2.24, 2.45) is 0 Å². The standard InChI is InChI=1S/C29H25N3O3/c1-3-34-29(33)24-18-30-28-26(21-10-6-4-7-11-21)25(19-35-23-12-8-5-9-13-23)31-32(28)27(24)22-16-14-20(2)15-17-22/h4-18H,3,19H2,1-2H3. The third-order valence-corrected chi connectivity index (χ3v) is 5.72. The lowest BCUT2D eigenvalue weighted by atomic mass is 10.0. The summed E-state index contributed by atoms with van der Waals surface area (Å²) >= 11 is 0. The second-order valence-corrected chi connectivity index (χ2v) is 8.13. The summed E-state index contributed by atoms with van der Waals surface area (Å²) in [6, 6.07) is 27.6. The first-order valence-electron chi connectivity index (χ1n) is 11.5. The Labute approximate surface area is 203 Å². The van der Waals surface area contributed by atoms with Gasteiger partial charge in [0.25, 0.3) is 0 Å². The lowest BCUT2D eigenvalue weighted by Crippen LogP contribution is -2.11. The highest BCUT2D eigenvalue weighted by atomic mass is 16.5. The van der Waals surface area contributed by atoms with Crippen molar-refractivity contribution in [3.8, 4) is 28.1 Å². The van der Waals surface area contributed by atoms with Gasteiger partial charge in [-0.1, -0.05) is 78.4 Å². The third-order valence-electron chi connectivity index (χ3n) is 5.72. The van der Waals surface area contributed by atoms with Gasteiger partial charge in [-0.3, -0.25) is 0 Å². The maximum atomic E-state index is 12.9. The summed E-state index contributed by atoms with van der Waals surface area (Å²) in [5.74, 6) is 0.318. The number of ether oxygens (including phenoxy) is 2. The molecule has 0 spiro atoms. The van der Waals surface area contributed by atoms with Gasteiger partial charge in [-0.25, -0.2) is 14.3 Å². The Kier molecular flexibility index (Phi) is 6.26. The minimum absolute atomic E-state index is 0.250. The molecule has 174 valence electrons. The summed E-state index contributed by atoms with van der Waals surface area (Å²) in [4.78, 5) is 17.6. The first-order chi connectivity index (χ1) is 17.2. The van der Waals surface area contributed by atoms with Crippen molar-refractivity contribution in [1.82, 2.24) is 14.6 Å². The summed E-state index contributed by atoms with van der Waals surface area (Å²) in [5, 5.41) is 4.93. The molecule has 2 aromatic heterocycles. The van der Waals surface area contributed by atoms with Crippen LogP contribution in [0.1, 0.15) is 28.5 Å². The maximum absolute atomic E-state index is 12.9. The van der Waals surface area contributed by atoms with Gasteiger partial charge >= 0.3 is 5.97 Å². The number of aryl methyl sites for hydroxylation is 1. The Hall–Kier alpha value is -4.45. The first-order valence-corrected chi connectivity index (χ1v) is 11.5. The molecule has 35 heavy (non-hydrogen) atoms. The van der Waals surface area contributed by atoms with E-state index in [2.05, 4.69) is 4.98 Å². The maximum Gasteiger partial charge on any atom is 0.341 e. The molecule has 0 saturated heterocycles. The highest BCUT2D eigenvalue weighted by molar-refractivity contribution is 5.97. The zero-order valence-electron chi connectivity index (χ0n) is 19.6. The third kappa shape index (κ3) is 4.51. The van der Waals surface area contributed by atoms with E-state index in [0.29, 0.717) is 16.9 Å². The number of carbonyl (C=O) groups excluding carboxylic acids is 1. The van der Waals surface area contributed by atoms with E-state index in [1.54, 1.807) is 17.6 Å². The van der Waals surface area contributed by atoms with Crippen LogP contribution in [0.4, 0.5) is 0 Å². The highest BCUT2D eigenvalue weighted by Gasteiger charge is 2.24. The zero-order chi connectivity index (χ0) is 24.2. The van der Waals surface area contributed by atoms with Crippen LogP contribution in [-0.4, -0.2) is 27.2 Å². The van der Waals surface area contributed by atoms with Crippen molar-refractivity contribution in [2.75, 3.05) is 6.61 Å². The number of carbonyl (C=O) groups is 1. The molecule has 0 N–H and O–H groups in total. The Bertz CT molecular complexity index is 1460. The monoisotopic (exact) mass is 463 g/mol. The van der Waals surface area contributed by atoms with Gasteiger partial charge in [-0.2, -0.15) is 5.10 Å². The largest absolute Gasteiger partial charge is 0.487 e. The van der Waals surface area contributed by atoms with Gasteiger partial charge in [-0.05, 0) is 31.5 Å². The predicted molar refractivity (Wildman–Crippen MR) is 135 cm³/mol. The minimum Gasteiger partial charge on any atom is -0.487 e. The van der Waals surface area contributed by atoms with Crippen LogP contribution in [0.2, 0.25) is 0 Å². The van der Waals surface area contributed by atoms with Gasteiger partial charge in [0.1, 0.15) is 23.6 Å². The molecule has 5 aromatic rings. The summed E-state index contributed by atoms with van der Waals surface area (Å²) in [6.45, 7) is 4.34. The summed E-state index contributed by atoms with van der Waals surface area (Å²) in [7, 11) is 0. The molecule has 0 unspecified atom stereocenters. The van der Waals surface area contributed by atoms with E-state index in [0.717, 1.165) is 33.7 Å². The summed E-state index contributed by atoms with van der Waals surface area (Å²) in [5.41, 5.74) is 6.18. The molecule has 0 radical (unpaired) electrons. The van der Waals surface area contributed by atoms with Crippen LogP contribution >= 0.6 is 0 Å². The van der Waals surface area contributed by atoms with Crippen molar-refractivity contribution in [3.05, 3.63) is 108 Å².